The van der Waals surface area contributed by atoms with E-state index in [0.717, 1.165) is 17.2 Å². The molecule has 114 valence electrons. The molecule has 0 spiro atoms. The minimum atomic E-state index is -0.160. The van der Waals surface area contributed by atoms with Crippen molar-refractivity contribution < 1.29 is 4.79 Å². The molecule has 2 aromatic rings. The molecule has 0 aliphatic carbocycles. The number of rotatable bonds is 5. The van der Waals surface area contributed by atoms with Crippen molar-refractivity contribution in [3.05, 3.63) is 40.6 Å². The van der Waals surface area contributed by atoms with E-state index in [1.54, 1.807) is 11.3 Å². The Hall–Kier alpha value is -1.82. The highest BCUT2D eigenvalue weighted by Crippen LogP contribution is 2.25. The highest BCUT2D eigenvalue weighted by Gasteiger charge is 2.17. The molecule has 2 aromatic heterocycles. The molecule has 2 heterocycles. The molecule has 0 aliphatic rings. The van der Waals surface area contributed by atoms with Gasteiger partial charge in [0.2, 0.25) is 0 Å². The van der Waals surface area contributed by atoms with Crippen molar-refractivity contribution in [2.75, 3.05) is 6.54 Å². The van der Waals surface area contributed by atoms with Crippen LogP contribution in [0.4, 0.5) is 4.79 Å². The Balaban J connectivity index is 1.70. The summed E-state index contributed by atoms with van der Waals surface area (Å²) in [7, 11) is 0. The summed E-state index contributed by atoms with van der Waals surface area (Å²) in [5.41, 5.74) is 0.965. The summed E-state index contributed by atoms with van der Waals surface area (Å²) in [5.74, 6) is 0. The van der Waals surface area contributed by atoms with Crippen LogP contribution in [0.2, 0.25) is 0 Å². The molecule has 2 amide bonds. The lowest BCUT2D eigenvalue weighted by molar-refractivity contribution is 0.240. The van der Waals surface area contributed by atoms with E-state index in [1.165, 1.54) is 0 Å². The number of aromatic nitrogens is 2. The van der Waals surface area contributed by atoms with E-state index < -0.39 is 0 Å². The largest absolute Gasteiger partial charge is 0.353 e. The third-order valence-electron chi connectivity index (χ3n) is 2.95. The van der Waals surface area contributed by atoms with Gasteiger partial charge < -0.3 is 15.2 Å². The molecule has 0 aliphatic heterocycles. The first-order valence-corrected chi connectivity index (χ1v) is 7.90. The van der Waals surface area contributed by atoms with Crippen molar-refractivity contribution in [2.45, 2.75) is 39.3 Å². The molecule has 0 radical (unpaired) electrons. The second kappa shape index (κ2) is 6.76. The van der Waals surface area contributed by atoms with Gasteiger partial charge in [0, 0.05) is 36.3 Å². The van der Waals surface area contributed by atoms with Gasteiger partial charge in [-0.05, 0) is 12.1 Å². The van der Waals surface area contributed by atoms with Crippen molar-refractivity contribution in [3.8, 4) is 0 Å². The first-order chi connectivity index (χ1) is 9.95. The smallest absolute Gasteiger partial charge is 0.315 e. The number of urea groups is 1. The Kier molecular flexibility index (Phi) is 5.01. The van der Waals surface area contributed by atoms with Crippen LogP contribution in [0.3, 0.4) is 0 Å². The predicted octanol–water partition coefficient (Wildman–Crippen LogP) is 2.74. The average Bonchev–Trinajstić information content (AvgIpc) is 3.06. The normalized spacial score (nSPS) is 11.4. The van der Waals surface area contributed by atoms with Crippen molar-refractivity contribution in [1.82, 2.24) is 20.2 Å². The van der Waals surface area contributed by atoms with Crippen molar-refractivity contribution >= 4 is 17.4 Å². The lowest BCUT2D eigenvalue weighted by Crippen LogP contribution is -2.36. The van der Waals surface area contributed by atoms with Gasteiger partial charge in [0.05, 0.1) is 17.2 Å². The van der Waals surface area contributed by atoms with E-state index in [0.29, 0.717) is 13.1 Å². The number of hydrogen-bond donors (Lipinski definition) is 2. The lowest BCUT2D eigenvalue weighted by atomic mass is 9.98. The Morgan fingerprint density at radius 2 is 2.00 bits per heavy atom. The molecule has 2 rings (SSSR count). The first kappa shape index (κ1) is 15.6. The van der Waals surface area contributed by atoms with E-state index in [9.17, 15) is 4.79 Å². The summed E-state index contributed by atoms with van der Waals surface area (Å²) in [6, 6.07) is 3.78. The fourth-order valence-corrected chi connectivity index (χ4v) is 2.69. The van der Waals surface area contributed by atoms with Gasteiger partial charge >= 0.3 is 6.03 Å². The molecule has 0 aromatic carbocycles. The van der Waals surface area contributed by atoms with Gasteiger partial charge in [0.25, 0.3) is 0 Å². The zero-order valence-corrected chi connectivity index (χ0v) is 13.5. The summed E-state index contributed by atoms with van der Waals surface area (Å²) in [4.78, 5) is 16.2. The molecular formula is C15H22N4OS. The van der Waals surface area contributed by atoms with Crippen LogP contribution < -0.4 is 10.6 Å². The topological polar surface area (TPSA) is 59.0 Å². The maximum absolute atomic E-state index is 11.7. The minimum absolute atomic E-state index is 0.0575. The average molecular weight is 306 g/mol. The monoisotopic (exact) mass is 306 g/mol. The molecule has 6 heteroatoms. The van der Waals surface area contributed by atoms with E-state index in [1.807, 2.05) is 34.5 Å². The van der Waals surface area contributed by atoms with Gasteiger partial charge in [-0.3, -0.25) is 0 Å². The highest BCUT2D eigenvalue weighted by molar-refractivity contribution is 7.09. The second-order valence-electron chi connectivity index (χ2n) is 5.92. The standard InChI is InChI=1S/C15H22N4OS/c1-15(2,3)13-18-12(11-21-13)10-17-14(20)16-6-9-19-7-4-5-8-19/h4-5,7-8,11H,6,9-10H2,1-3H3,(H2,16,17,20). The molecular weight excluding hydrogens is 284 g/mol. The zero-order chi connectivity index (χ0) is 15.3. The molecule has 0 fully saturated rings. The summed E-state index contributed by atoms with van der Waals surface area (Å²) >= 11 is 1.64. The van der Waals surface area contributed by atoms with E-state index >= 15 is 0 Å². The molecule has 0 bridgehead atoms. The fraction of sp³-hybridized carbons (Fsp3) is 0.467. The number of amides is 2. The number of carbonyl (C=O) groups excluding carboxylic acids is 1. The molecule has 21 heavy (non-hydrogen) atoms. The van der Waals surface area contributed by atoms with Gasteiger partial charge in [-0.15, -0.1) is 11.3 Å². The van der Waals surface area contributed by atoms with Crippen LogP contribution in [0.5, 0.6) is 0 Å². The maximum Gasteiger partial charge on any atom is 0.315 e. The predicted molar refractivity (Wildman–Crippen MR) is 85.5 cm³/mol. The summed E-state index contributed by atoms with van der Waals surface area (Å²) in [5, 5.41) is 8.75. The van der Waals surface area contributed by atoms with Gasteiger partial charge in [0.15, 0.2) is 0 Å². The van der Waals surface area contributed by atoms with Crippen molar-refractivity contribution in [1.29, 1.82) is 0 Å². The van der Waals surface area contributed by atoms with Crippen molar-refractivity contribution in [3.63, 3.8) is 0 Å². The van der Waals surface area contributed by atoms with Gasteiger partial charge in [0.1, 0.15) is 0 Å². The zero-order valence-electron chi connectivity index (χ0n) is 12.7. The van der Waals surface area contributed by atoms with Crippen LogP contribution in [-0.2, 0) is 18.5 Å². The van der Waals surface area contributed by atoms with Gasteiger partial charge in [-0.2, -0.15) is 0 Å². The van der Waals surface area contributed by atoms with Gasteiger partial charge in [-0.25, -0.2) is 9.78 Å². The van der Waals surface area contributed by atoms with Crippen LogP contribution in [0.1, 0.15) is 31.5 Å². The molecule has 2 N–H and O–H groups in total. The Morgan fingerprint density at radius 1 is 1.29 bits per heavy atom. The first-order valence-electron chi connectivity index (χ1n) is 7.02. The third kappa shape index (κ3) is 4.90. The van der Waals surface area contributed by atoms with Crippen LogP contribution >= 0.6 is 11.3 Å². The quantitative estimate of drug-likeness (QED) is 0.892. The summed E-state index contributed by atoms with van der Waals surface area (Å²) in [6.07, 6.45) is 3.95. The Labute approximate surface area is 129 Å². The van der Waals surface area contributed by atoms with Crippen LogP contribution in [0.25, 0.3) is 0 Å². The Morgan fingerprint density at radius 3 is 2.62 bits per heavy atom. The Bertz CT molecular complexity index is 569. The third-order valence-corrected chi connectivity index (χ3v) is 4.26. The molecule has 0 atom stereocenters. The maximum atomic E-state index is 11.7. The number of thiazole rings is 1. The van der Waals surface area contributed by atoms with Crippen LogP contribution in [0.15, 0.2) is 29.9 Å². The minimum Gasteiger partial charge on any atom is -0.353 e. The second-order valence-corrected chi connectivity index (χ2v) is 6.78. The summed E-state index contributed by atoms with van der Waals surface area (Å²) in [6.45, 7) is 8.24. The molecule has 0 saturated heterocycles. The number of nitrogens with zero attached hydrogens (tertiary/aromatic N) is 2. The molecule has 0 saturated carbocycles. The van der Waals surface area contributed by atoms with Gasteiger partial charge in [-0.1, -0.05) is 20.8 Å². The van der Waals surface area contributed by atoms with E-state index in [2.05, 4.69) is 36.4 Å². The van der Waals surface area contributed by atoms with E-state index in [4.69, 9.17) is 0 Å². The van der Waals surface area contributed by atoms with Crippen LogP contribution in [-0.4, -0.2) is 22.1 Å². The fourth-order valence-electron chi connectivity index (χ4n) is 1.78. The number of nitrogens with one attached hydrogen (secondary N) is 2. The van der Waals surface area contributed by atoms with E-state index in [-0.39, 0.29) is 11.4 Å². The van der Waals surface area contributed by atoms with Crippen LogP contribution in [0, 0.1) is 0 Å². The highest BCUT2D eigenvalue weighted by atomic mass is 32.1. The summed E-state index contributed by atoms with van der Waals surface area (Å²) < 4.78 is 2.02. The SMILES string of the molecule is CC(C)(C)c1nc(CNC(=O)NCCn2cccc2)cs1. The number of carbonyl (C=O) groups is 1. The van der Waals surface area contributed by atoms with Crippen molar-refractivity contribution in [2.24, 2.45) is 0 Å². The molecule has 5 nitrogen and oxygen atoms in total. The molecule has 0 unspecified atom stereocenters. The lowest BCUT2D eigenvalue weighted by Gasteiger charge is -2.13. The number of hydrogen-bond acceptors (Lipinski definition) is 3.